The summed E-state index contributed by atoms with van der Waals surface area (Å²) in [6.45, 7) is 10.2. The molecule has 0 aromatic carbocycles. The summed E-state index contributed by atoms with van der Waals surface area (Å²) in [5.41, 5.74) is 2.99. The van der Waals surface area contributed by atoms with E-state index in [1.54, 1.807) is 0 Å². The maximum Gasteiger partial charge on any atom is 0.156 e. The van der Waals surface area contributed by atoms with Gasteiger partial charge in [0.2, 0.25) is 0 Å². The van der Waals surface area contributed by atoms with Crippen LogP contribution >= 0.6 is 0 Å². The van der Waals surface area contributed by atoms with Crippen molar-refractivity contribution in [2.45, 2.75) is 53.5 Å². The number of nitrogens with zero attached hydrogens (tertiary/aromatic N) is 4. The molecule has 0 aliphatic rings. The van der Waals surface area contributed by atoms with Gasteiger partial charge < -0.3 is 5.32 Å². The van der Waals surface area contributed by atoms with Gasteiger partial charge >= 0.3 is 0 Å². The molecule has 0 fully saturated rings. The second-order valence-electron chi connectivity index (χ2n) is 4.72. The molecule has 0 unspecified atom stereocenters. The maximum atomic E-state index is 4.63. The van der Waals surface area contributed by atoms with E-state index in [2.05, 4.69) is 41.2 Å². The quantitative estimate of drug-likeness (QED) is 0.812. The van der Waals surface area contributed by atoms with Crippen molar-refractivity contribution in [3.8, 4) is 0 Å². The van der Waals surface area contributed by atoms with Crippen molar-refractivity contribution in [1.82, 2.24) is 19.7 Å². The van der Waals surface area contributed by atoms with Gasteiger partial charge in [-0.05, 0) is 20.3 Å². The molecular formula is C14H23N5. The number of hydrogen-bond donors (Lipinski definition) is 1. The van der Waals surface area contributed by atoms with E-state index < -0.39 is 0 Å². The first-order chi connectivity index (χ1) is 9.21. The van der Waals surface area contributed by atoms with E-state index in [1.807, 2.05) is 11.6 Å². The molecule has 0 amide bonds. The van der Waals surface area contributed by atoms with Crippen LogP contribution in [0.1, 0.15) is 45.1 Å². The van der Waals surface area contributed by atoms with Crippen LogP contribution in [-0.2, 0) is 13.0 Å². The van der Waals surface area contributed by atoms with E-state index in [0.717, 1.165) is 54.3 Å². The van der Waals surface area contributed by atoms with Crippen LogP contribution in [0, 0.1) is 6.92 Å². The van der Waals surface area contributed by atoms with E-state index in [9.17, 15) is 0 Å². The van der Waals surface area contributed by atoms with Crippen molar-refractivity contribution in [2.24, 2.45) is 0 Å². The Hall–Kier alpha value is -1.65. The van der Waals surface area contributed by atoms with Crippen LogP contribution in [0.15, 0.2) is 0 Å². The molecule has 0 atom stereocenters. The molecule has 2 aromatic rings. The van der Waals surface area contributed by atoms with Crippen LogP contribution < -0.4 is 5.32 Å². The summed E-state index contributed by atoms with van der Waals surface area (Å²) in [6, 6.07) is 0. The molecule has 2 aromatic heterocycles. The van der Waals surface area contributed by atoms with Gasteiger partial charge in [-0.2, -0.15) is 5.10 Å². The lowest BCUT2D eigenvalue weighted by Gasteiger charge is -2.09. The Morgan fingerprint density at radius 3 is 2.58 bits per heavy atom. The molecule has 5 heteroatoms. The number of nitrogens with one attached hydrogen (secondary N) is 1. The summed E-state index contributed by atoms with van der Waals surface area (Å²) in [7, 11) is 0. The average Bonchev–Trinajstić information content (AvgIpc) is 2.76. The molecule has 2 heterocycles. The molecule has 0 saturated heterocycles. The first kappa shape index (κ1) is 13.8. The molecule has 0 aliphatic carbocycles. The summed E-state index contributed by atoms with van der Waals surface area (Å²) in [5.74, 6) is 1.81. The number of aryl methyl sites for hydroxylation is 3. The zero-order valence-corrected chi connectivity index (χ0v) is 12.3. The monoisotopic (exact) mass is 261 g/mol. The first-order valence-corrected chi connectivity index (χ1v) is 7.19. The molecule has 5 nitrogen and oxygen atoms in total. The lowest BCUT2D eigenvalue weighted by atomic mass is 10.3. The van der Waals surface area contributed by atoms with Crippen LogP contribution in [0.25, 0.3) is 11.0 Å². The van der Waals surface area contributed by atoms with Crippen LogP contribution in [0.3, 0.4) is 0 Å². The average molecular weight is 261 g/mol. The highest BCUT2D eigenvalue weighted by atomic mass is 15.3. The molecule has 0 spiro atoms. The highest BCUT2D eigenvalue weighted by molar-refractivity contribution is 5.87. The van der Waals surface area contributed by atoms with E-state index in [0.29, 0.717) is 0 Å². The van der Waals surface area contributed by atoms with Gasteiger partial charge in [-0.15, -0.1) is 0 Å². The SMILES string of the molecule is CCCCNc1nc(CC)nc2c(C)nn(CC)c12. The Morgan fingerprint density at radius 1 is 1.16 bits per heavy atom. The fourth-order valence-corrected chi connectivity index (χ4v) is 2.17. The fourth-order valence-electron chi connectivity index (χ4n) is 2.17. The van der Waals surface area contributed by atoms with Crippen molar-refractivity contribution in [3.05, 3.63) is 11.5 Å². The van der Waals surface area contributed by atoms with Gasteiger partial charge in [-0.3, -0.25) is 4.68 Å². The molecule has 2 rings (SSSR count). The summed E-state index contributed by atoms with van der Waals surface area (Å²) in [6.07, 6.45) is 3.16. The van der Waals surface area contributed by atoms with E-state index in [-0.39, 0.29) is 0 Å². The fraction of sp³-hybridized carbons (Fsp3) is 0.643. The second-order valence-corrected chi connectivity index (χ2v) is 4.72. The minimum Gasteiger partial charge on any atom is -0.368 e. The van der Waals surface area contributed by atoms with Crippen LogP contribution in [0.4, 0.5) is 5.82 Å². The predicted octanol–water partition coefficient (Wildman–Crippen LogP) is 2.93. The van der Waals surface area contributed by atoms with Crippen molar-refractivity contribution in [3.63, 3.8) is 0 Å². The van der Waals surface area contributed by atoms with Gasteiger partial charge in [0.25, 0.3) is 0 Å². The highest BCUT2D eigenvalue weighted by Gasteiger charge is 2.14. The predicted molar refractivity (Wildman–Crippen MR) is 78.5 cm³/mol. The largest absolute Gasteiger partial charge is 0.368 e. The van der Waals surface area contributed by atoms with E-state index in [1.165, 1.54) is 6.42 Å². The minimum atomic E-state index is 0.835. The van der Waals surface area contributed by atoms with Crippen molar-refractivity contribution in [2.75, 3.05) is 11.9 Å². The van der Waals surface area contributed by atoms with Crippen LogP contribution in [0.2, 0.25) is 0 Å². The molecule has 0 aliphatic heterocycles. The summed E-state index contributed by atoms with van der Waals surface area (Å²) < 4.78 is 1.98. The molecular weight excluding hydrogens is 238 g/mol. The Kier molecular flexibility index (Phi) is 4.35. The standard InChI is InChI=1S/C14H23N5/c1-5-8-9-15-14-13-12(16-11(6-2)17-14)10(4)18-19(13)7-3/h5-9H2,1-4H3,(H,15,16,17). The molecule has 0 bridgehead atoms. The molecule has 1 N–H and O–H groups in total. The summed E-state index contributed by atoms with van der Waals surface area (Å²) in [4.78, 5) is 9.25. The molecule has 19 heavy (non-hydrogen) atoms. The zero-order valence-electron chi connectivity index (χ0n) is 12.3. The third-order valence-corrected chi connectivity index (χ3v) is 3.24. The van der Waals surface area contributed by atoms with E-state index in [4.69, 9.17) is 0 Å². The third-order valence-electron chi connectivity index (χ3n) is 3.24. The third kappa shape index (κ3) is 2.69. The number of fused-ring (bicyclic) bond motifs is 1. The Labute approximate surface area is 114 Å². The van der Waals surface area contributed by atoms with Crippen LogP contribution in [0.5, 0.6) is 0 Å². The normalized spacial score (nSPS) is 11.2. The topological polar surface area (TPSA) is 55.6 Å². The van der Waals surface area contributed by atoms with Crippen molar-refractivity contribution >= 4 is 16.9 Å². The lowest BCUT2D eigenvalue weighted by Crippen LogP contribution is -2.08. The van der Waals surface area contributed by atoms with Gasteiger partial charge in [0, 0.05) is 19.5 Å². The summed E-state index contributed by atoms with van der Waals surface area (Å²) in [5, 5.41) is 7.99. The van der Waals surface area contributed by atoms with Gasteiger partial charge in [0.15, 0.2) is 5.82 Å². The zero-order chi connectivity index (χ0) is 13.8. The van der Waals surface area contributed by atoms with Gasteiger partial charge in [-0.1, -0.05) is 20.3 Å². The first-order valence-electron chi connectivity index (χ1n) is 7.19. The second kappa shape index (κ2) is 5.99. The van der Waals surface area contributed by atoms with Gasteiger partial charge in [0.1, 0.15) is 16.9 Å². The minimum absolute atomic E-state index is 0.835. The highest BCUT2D eigenvalue weighted by Crippen LogP contribution is 2.23. The molecule has 0 saturated carbocycles. The van der Waals surface area contributed by atoms with Crippen molar-refractivity contribution in [1.29, 1.82) is 0 Å². The molecule has 0 radical (unpaired) electrons. The number of anilines is 1. The maximum absolute atomic E-state index is 4.63. The summed E-state index contributed by atoms with van der Waals surface area (Å²) >= 11 is 0. The van der Waals surface area contributed by atoms with Gasteiger partial charge in [-0.25, -0.2) is 9.97 Å². The van der Waals surface area contributed by atoms with Gasteiger partial charge in [0.05, 0.1) is 5.69 Å². The Morgan fingerprint density at radius 2 is 1.95 bits per heavy atom. The lowest BCUT2D eigenvalue weighted by molar-refractivity contribution is 0.675. The Balaban J connectivity index is 2.50. The number of rotatable bonds is 6. The van der Waals surface area contributed by atoms with Crippen LogP contribution in [-0.4, -0.2) is 26.3 Å². The Bertz CT molecular complexity index is 558. The van der Waals surface area contributed by atoms with E-state index >= 15 is 0 Å². The number of aromatic nitrogens is 4. The molecule has 104 valence electrons. The number of hydrogen-bond acceptors (Lipinski definition) is 4. The van der Waals surface area contributed by atoms with Crippen molar-refractivity contribution < 1.29 is 0 Å². The number of unbranched alkanes of at least 4 members (excludes halogenated alkanes) is 1. The smallest absolute Gasteiger partial charge is 0.156 e.